The van der Waals surface area contributed by atoms with Crippen LogP contribution >= 0.6 is 0 Å². The summed E-state index contributed by atoms with van der Waals surface area (Å²) < 4.78 is 12.8. The molecule has 0 fully saturated rings. The number of carbonyl (C=O) groups is 1. The van der Waals surface area contributed by atoms with E-state index >= 15 is 0 Å². The van der Waals surface area contributed by atoms with E-state index in [1.54, 1.807) is 35.5 Å². The first-order valence-corrected chi connectivity index (χ1v) is 5.70. The summed E-state index contributed by atoms with van der Waals surface area (Å²) in [6, 6.07) is 8.07. The minimum absolute atomic E-state index is 0.257. The van der Waals surface area contributed by atoms with Crippen LogP contribution in [0.15, 0.2) is 48.3 Å². The van der Waals surface area contributed by atoms with Gasteiger partial charge in [-0.3, -0.25) is 4.79 Å². The van der Waals surface area contributed by atoms with Crippen molar-refractivity contribution in [2.75, 3.05) is 0 Å². The third-order valence-corrected chi connectivity index (χ3v) is 2.81. The summed E-state index contributed by atoms with van der Waals surface area (Å²) in [5.74, 6) is -1.52. The molecule has 0 aliphatic carbocycles. The lowest BCUT2D eigenvalue weighted by Gasteiger charge is -2.22. The molecule has 4 nitrogen and oxygen atoms in total. The summed E-state index contributed by atoms with van der Waals surface area (Å²) in [4.78, 5) is 13.0. The second-order valence-electron chi connectivity index (χ2n) is 4.20. The average Bonchev–Trinajstić information content (AvgIpc) is 2.41. The summed E-state index contributed by atoms with van der Waals surface area (Å²) in [7, 11) is 0. The lowest BCUT2D eigenvalue weighted by Crippen LogP contribution is -2.25. The number of amides is 1. The summed E-state index contributed by atoms with van der Waals surface area (Å²) >= 11 is 0. The molecule has 2 rings (SSSR count). The number of hydrogen-bond acceptors (Lipinski definition) is 3. The Morgan fingerprint density at radius 2 is 2.11 bits per heavy atom. The minimum Gasteiger partial charge on any atom is -0.366 e. The van der Waals surface area contributed by atoms with Crippen LogP contribution in [0.3, 0.4) is 0 Å². The number of rotatable bonds is 3. The van der Waals surface area contributed by atoms with Crippen LogP contribution in [0.1, 0.15) is 5.56 Å². The van der Waals surface area contributed by atoms with Crippen molar-refractivity contribution in [3.8, 4) is 6.07 Å². The molecule has 0 bridgehead atoms. The number of nitriles is 1. The Labute approximate surface area is 110 Å². The summed E-state index contributed by atoms with van der Waals surface area (Å²) in [6.07, 6.45) is 4.88. The molecule has 1 heterocycles. The number of carbonyl (C=O) groups excluding carboxylic acids is 1. The van der Waals surface area contributed by atoms with Crippen molar-refractivity contribution in [1.29, 1.82) is 5.26 Å². The van der Waals surface area contributed by atoms with E-state index in [1.807, 2.05) is 6.07 Å². The van der Waals surface area contributed by atoms with Crippen LogP contribution in [-0.4, -0.2) is 10.8 Å². The van der Waals surface area contributed by atoms with E-state index in [0.29, 0.717) is 6.54 Å². The molecule has 1 aromatic carbocycles. The fourth-order valence-electron chi connectivity index (χ4n) is 1.83. The number of allylic oxidation sites excluding steroid dienone is 1. The standard InChI is InChI=1S/C14H12FN3O/c15-12-3-1-10(2-4-12)8-18-6-5-11(7-16)13(9-18)14(17)19/h1-6,9,11H,8H2,(H2,17,19). The van der Waals surface area contributed by atoms with Gasteiger partial charge < -0.3 is 10.6 Å². The van der Waals surface area contributed by atoms with Crippen molar-refractivity contribution >= 4 is 5.91 Å². The molecule has 19 heavy (non-hydrogen) atoms. The molecule has 5 heteroatoms. The maximum absolute atomic E-state index is 12.8. The maximum Gasteiger partial charge on any atom is 0.247 e. The molecule has 1 amide bonds. The van der Waals surface area contributed by atoms with Crippen LogP contribution in [0.4, 0.5) is 4.39 Å². The highest BCUT2D eigenvalue weighted by atomic mass is 19.1. The number of hydrogen-bond donors (Lipinski definition) is 1. The average molecular weight is 257 g/mol. The predicted molar refractivity (Wildman–Crippen MR) is 67.5 cm³/mol. The number of nitrogens with zero attached hydrogens (tertiary/aromatic N) is 2. The highest BCUT2D eigenvalue weighted by Gasteiger charge is 2.20. The fourth-order valence-corrected chi connectivity index (χ4v) is 1.83. The van der Waals surface area contributed by atoms with E-state index in [-0.39, 0.29) is 11.4 Å². The van der Waals surface area contributed by atoms with Crippen molar-refractivity contribution in [2.45, 2.75) is 6.54 Å². The van der Waals surface area contributed by atoms with Crippen LogP contribution in [0, 0.1) is 23.1 Å². The van der Waals surface area contributed by atoms with Crippen LogP contribution in [0.2, 0.25) is 0 Å². The Morgan fingerprint density at radius 3 is 2.68 bits per heavy atom. The third kappa shape index (κ3) is 2.99. The largest absolute Gasteiger partial charge is 0.366 e. The quantitative estimate of drug-likeness (QED) is 0.895. The van der Waals surface area contributed by atoms with Gasteiger partial charge in [0.15, 0.2) is 0 Å². The van der Waals surface area contributed by atoms with Gasteiger partial charge in [-0.1, -0.05) is 12.1 Å². The van der Waals surface area contributed by atoms with Crippen LogP contribution in [0.25, 0.3) is 0 Å². The lowest BCUT2D eigenvalue weighted by molar-refractivity contribution is -0.114. The van der Waals surface area contributed by atoms with E-state index in [2.05, 4.69) is 0 Å². The SMILES string of the molecule is N#CC1C=CN(Cc2ccc(F)cc2)C=C1C(N)=O. The molecule has 1 atom stereocenters. The van der Waals surface area contributed by atoms with Gasteiger partial charge in [-0.05, 0) is 23.8 Å². The van der Waals surface area contributed by atoms with Crippen LogP contribution in [-0.2, 0) is 11.3 Å². The first kappa shape index (κ1) is 12.8. The van der Waals surface area contributed by atoms with Gasteiger partial charge in [-0.25, -0.2) is 4.39 Å². The second kappa shape index (κ2) is 5.36. The minimum atomic E-state index is -0.611. The molecule has 1 aliphatic heterocycles. The van der Waals surface area contributed by atoms with Crippen molar-refractivity contribution in [3.05, 3.63) is 59.7 Å². The number of benzene rings is 1. The van der Waals surface area contributed by atoms with Gasteiger partial charge in [0.1, 0.15) is 5.82 Å². The maximum atomic E-state index is 12.8. The summed E-state index contributed by atoms with van der Waals surface area (Å²) in [6.45, 7) is 0.478. The van der Waals surface area contributed by atoms with Crippen molar-refractivity contribution in [1.82, 2.24) is 4.90 Å². The monoisotopic (exact) mass is 257 g/mol. The molecule has 0 saturated heterocycles. The van der Waals surface area contributed by atoms with Crippen molar-refractivity contribution < 1.29 is 9.18 Å². The first-order valence-electron chi connectivity index (χ1n) is 5.70. The van der Waals surface area contributed by atoms with Crippen molar-refractivity contribution in [2.24, 2.45) is 11.7 Å². The molecule has 1 aliphatic rings. The van der Waals surface area contributed by atoms with Crippen LogP contribution in [0.5, 0.6) is 0 Å². The van der Waals surface area contributed by atoms with E-state index in [0.717, 1.165) is 5.56 Å². The zero-order valence-corrected chi connectivity index (χ0v) is 10.1. The van der Waals surface area contributed by atoms with E-state index in [4.69, 9.17) is 11.0 Å². The predicted octanol–water partition coefficient (Wildman–Crippen LogP) is 1.66. The van der Waals surface area contributed by atoms with E-state index < -0.39 is 11.8 Å². The summed E-state index contributed by atoms with van der Waals surface area (Å²) in [5.41, 5.74) is 6.39. The summed E-state index contributed by atoms with van der Waals surface area (Å²) in [5, 5.41) is 8.91. The van der Waals surface area contributed by atoms with E-state index in [1.165, 1.54) is 12.1 Å². The van der Waals surface area contributed by atoms with Gasteiger partial charge >= 0.3 is 0 Å². The number of nitrogens with two attached hydrogens (primary N) is 1. The molecule has 0 aromatic heterocycles. The molecule has 96 valence electrons. The third-order valence-electron chi connectivity index (χ3n) is 2.81. The lowest BCUT2D eigenvalue weighted by atomic mass is 9.98. The van der Waals surface area contributed by atoms with Gasteiger partial charge in [0.2, 0.25) is 5.91 Å². The van der Waals surface area contributed by atoms with Gasteiger partial charge in [0, 0.05) is 18.9 Å². The fraction of sp³-hybridized carbons (Fsp3) is 0.143. The Hall–Kier alpha value is -2.61. The Morgan fingerprint density at radius 1 is 1.42 bits per heavy atom. The van der Waals surface area contributed by atoms with Gasteiger partial charge in [0.05, 0.1) is 17.6 Å². The molecule has 1 unspecified atom stereocenters. The molecule has 1 aromatic rings. The molecular formula is C14H12FN3O. The van der Waals surface area contributed by atoms with Gasteiger partial charge in [0.25, 0.3) is 0 Å². The molecular weight excluding hydrogens is 245 g/mol. The molecule has 0 spiro atoms. The number of primary amides is 1. The zero-order chi connectivity index (χ0) is 13.8. The smallest absolute Gasteiger partial charge is 0.247 e. The molecule has 0 saturated carbocycles. The van der Waals surface area contributed by atoms with E-state index in [9.17, 15) is 9.18 Å². The Bertz CT molecular complexity index is 584. The normalized spacial score (nSPS) is 17.8. The van der Waals surface area contributed by atoms with Gasteiger partial charge in [-0.2, -0.15) is 5.26 Å². The Kier molecular flexibility index (Phi) is 3.62. The zero-order valence-electron chi connectivity index (χ0n) is 10.1. The first-order chi connectivity index (χ1) is 9.10. The van der Waals surface area contributed by atoms with Crippen molar-refractivity contribution in [3.63, 3.8) is 0 Å². The van der Waals surface area contributed by atoms with Gasteiger partial charge in [-0.15, -0.1) is 0 Å². The highest BCUT2D eigenvalue weighted by Crippen LogP contribution is 2.20. The second-order valence-corrected chi connectivity index (χ2v) is 4.20. The molecule has 0 radical (unpaired) electrons. The van der Waals surface area contributed by atoms with Crippen LogP contribution < -0.4 is 5.73 Å². The highest BCUT2D eigenvalue weighted by molar-refractivity contribution is 5.93. The number of halogens is 1. The molecule has 2 N–H and O–H groups in total. The topological polar surface area (TPSA) is 70.1 Å². The Balaban J connectivity index is 2.16.